The van der Waals surface area contributed by atoms with Gasteiger partial charge in [-0.25, -0.2) is 4.79 Å². The van der Waals surface area contributed by atoms with Gasteiger partial charge in [0.1, 0.15) is 11.3 Å². The molecule has 1 rings (SSSR count). The largest absolute Gasteiger partial charge is 0.497 e. The van der Waals surface area contributed by atoms with Crippen molar-refractivity contribution in [3.05, 3.63) is 29.8 Å². The molecule has 0 heterocycles. The summed E-state index contributed by atoms with van der Waals surface area (Å²) in [5.41, 5.74) is -0.803. The van der Waals surface area contributed by atoms with Crippen LogP contribution in [-0.4, -0.2) is 35.4 Å². The second-order valence-electron chi connectivity index (χ2n) is 5.59. The Bertz CT molecular complexity index is 567. The number of benzene rings is 1. The molecule has 1 atom stereocenters. The molecule has 1 aromatic rings. The van der Waals surface area contributed by atoms with Crippen molar-refractivity contribution in [3.8, 4) is 5.75 Å². The fourth-order valence-corrected chi connectivity index (χ4v) is 2.24. The van der Waals surface area contributed by atoms with E-state index in [9.17, 15) is 19.5 Å². The smallest absolute Gasteiger partial charge is 0.329 e. The number of hydrogen-bond acceptors (Lipinski definition) is 4. The Kier molecular flexibility index (Phi) is 6.75. The molecule has 2 N–H and O–H groups in total. The standard InChI is InChI=1S/C17H23NO5/c1-4-11-17(2,16(21)22)18-15(20)10-9-14(19)12-5-7-13(23-3)8-6-12/h5-8H,4,9-11H2,1-3H3,(H,18,20)(H,21,22). The summed E-state index contributed by atoms with van der Waals surface area (Å²) < 4.78 is 5.02. The molecule has 126 valence electrons. The van der Waals surface area contributed by atoms with Crippen molar-refractivity contribution in [1.29, 1.82) is 0 Å². The van der Waals surface area contributed by atoms with Gasteiger partial charge in [-0.2, -0.15) is 0 Å². The summed E-state index contributed by atoms with van der Waals surface area (Å²) in [6, 6.07) is 6.63. The van der Waals surface area contributed by atoms with E-state index in [0.29, 0.717) is 24.2 Å². The first-order valence-electron chi connectivity index (χ1n) is 7.54. The number of hydrogen-bond donors (Lipinski definition) is 2. The third-order valence-corrected chi connectivity index (χ3v) is 3.63. The predicted molar refractivity (Wildman–Crippen MR) is 85.7 cm³/mol. The van der Waals surface area contributed by atoms with E-state index in [1.807, 2.05) is 6.92 Å². The summed E-state index contributed by atoms with van der Waals surface area (Å²) >= 11 is 0. The molecule has 6 heteroatoms. The molecule has 1 unspecified atom stereocenters. The Hall–Kier alpha value is -2.37. The van der Waals surface area contributed by atoms with E-state index in [-0.39, 0.29) is 18.6 Å². The Morgan fingerprint density at radius 1 is 1.17 bits per heavy atom. The molecule has 23 heavy (non-hydrogen) atoms. The van der Waals surface area contributed by atoms with E-state index >= 15 is 0 Å². The van der Waals surface area contributed by atoms with Gasteiger partial charge in [0.2, 0.25) is 5.91 Å². The van der Waals surface area contributed by atoms with E-state index in [1.165, 1.54) is 14.0 Å². The molecule has 0 radical (unpaired) electrons. The zero-order chi connectivity index (χ0) is 17.5. The summed E-state index contributed by atoms with van der Waals surface area (Å²) in [6.45, 7) is 3.32. The lowest BCUT2D eigenvalue weighted by Crippen LogP contribution is -2.52. The van der Waals surface area contributed by atoms with Crippen molar-refractivity contribution in [3.63, 3.8) is 0 Å². The van der Waals surface area contributed by atoms with Crippen LogP contribution < -0.4 is 10.1 Å². The highest BCUT2D eigenvalue weighted by molar-refractivity contribution is 5.98. The molecular formula is C17H23NO5. The topological polar surface area (TPSA) is 92.7 Å². The molecule has 0 bridgehead atoms. The summed E-state index contributed by atoms with van der Waals surface area (Å²) in [4.78, 5) is 35.2. The minimum Gasteiger partial charge on any atom is -0.497 e. The highest BCUT2D eigenvalue weighted by Gasteiger charge is 2.33. The van der Waals surface area contributed by atoms with Crippen molar-refractivity contribution in [2.45, 2.75) is 45.1 Å². The van der Waals surface area contributed by atoms with Gasteiger partial charge in [0.15, 0.2) is 5.78 Å². The summed E-state index contributed by atoms with van der Waals surface area (Å²) in [5, 5.41) is 11.7. The lowest BCUT2D eigenvalue weighted by Gasteiger charge is -2.25. The number of rotatable bonds is 9. The van der Waals surface area contributed by atoms with Crippen molar-refractivity contribution in [1.82, 2.24) is 5.32 Å². The number of aliphatic carboxylic acids is 1. The van der Waals surface area contributed by atoms with E-state index < -0.39 is 17.4 Å². The van der Waals surface area contributed by atoms with Crippen molar-refractivity contribution in [2.24, 2.45) is 0 Å². The molecule has 0 aliphatic rings. The number of Topliss-reactive ketones (excluding diaryl/α,β-unsaturated/α-hetero) is 1. The number of carbonyl (C=O) groups is 3. The molecule has 0 aliphatic heterocycles. The van der Waals surface area contributed by atoms with Crippen LogP contribution in [0.25, 0.3) is 0 Å². The second kappa shape index (κ2) is 8.31. The zero-order valence-electron chi connectivity index (χ0n) is 13.7. The van der Waals surface area contributed by atoms with E-state index in [0.717, 1.165) is 0 Å². The number of nitrogens with one attached hydrogen (secondary N) is 1. The molecule has 1 amide bonds. The van der Waals surface area contributed by atoms with Gasteiger partial charge in [-0.15, -0.1) is 0 Å². The minimum atomic E-state index is -1.30. The maximum atomic E-state index is 12.0. The monoisotopic (exact) mass is 321 g/mol. The molecule has 1 aromatic carbocycles. The molecule has 0 aliphatic carbocycles. The first-order valence-corrected chi connectivity index (χ1v) is 7.54. The summed E-state index contributed by atoms with van der Waals surface area (Å²) in [7, 11) is 1.54. The highest BCUT2D eigenvalue weighted by atomic mass is 16.5. The van der Waals surface area contributed by atoms with Crippen LogP contribution in [0.1, 0.15) is 49.9 Å². The first kappa shape index (κ1) is 18.7. The number of carbonyl (C=O) groups excluding carboxylic acids is 2. The minimum absolute atomic E-state index is 0.0278. The Balaban J connectivity index is 2.57. The lowest BCUT2D eigenvalue weighted by atomic mass is 9.96. The second-order valence-corrected chi connectivity index (χ2v) is 5.59. The zero-order valence-corrected chi connectivity index (χ0v) is 13.7. The summed E-state index contributed by atoms with van der Waals surface area (Å²) in [5.74, 6) is -1.04. The lowest BCUT2D eigenvalue weighted by molar-refractivity contribution is -0.147. The fourth-order valence-electron chi connectivity index (χ4n) is 2.24. The van der Waals surface area contributed by atoms with Gasteiger partial charge in [-0.05, 0) is 37.6 Å². The number of ketones is 1. The highest BCUT2D eigenvalue weighted by Crippen LogP contribution is 2.15. The van der Waals surface area contributed by atoms with E-state index in [1.54, 1.807) is 24.3 Å². The van der Waals surface area contributed by atoms with Gasteiger partial charge in [0.05, 0.1) is 7.11 Å². The SMILES string of the molecule is CCCC(C)(NC(=O)CCC(=O)c1ccc(OC)cc1)C(=O)O. The van der Waals surface area contributed by atoms with Gasteiger partial charge in [-0.1, -0.05) is 13.3 Å². The van der Waals surface area contributed by atoms with Crippen LogP contribution in [0.4, 0.5) is 0 Å². The summed E-state index contributed by atoms with van der Waals surface area (Å²) in [6.07, 6.45) is 0.950. The van der Waals surface area contributed by atoms with Crippen molar-refractivity contribution in [2.75, 3.05) is 7.11 Å². The molecule has 0 spiro atoms. The Morgan fingerprint density at radius 2 is 1.78 bits per heavy atom. The maximum Gasteiger partial charge on any atom is 0.329 e. The predicted octanol–water partition coefficient (Wildman–Crippen LogP) is 2.42. The first-order chi connectivity index (χ1) is 10.8. The van der Waals surface area contributed by atoms with Crippen LogP contribution in [0.3, 0.4) is 0 Å². The van der Waals surface area contributed by atoms with Crippen LogP contribution in [0.5, 0.6) is 5.75 Å². The van der Waals surface area contributed by atoms with Gasteiger partial charge in [-0.3, -0.25) is 9.59 Å². The van der Waals surface area contributed by atoms with Gasteiger partial charge in [0, 0.05) is 18.4 Å². The number of ether oxygens (including phenoxy) is 1. The third kappa shape index (κ3) is 5.39. The molecule has 0 aromatic heterocycles. The Morgan fingerprint density at radius 3 is 2.26 bits per heavy atom. The van der Waals surface area contributed by atoms with E-state index in [2.05, 4.69) is 5.32 Å². The quantitative estimate of drug-likeness (QED) is 0.681. The molecule has 0 fully saturated rings. The average Bonchev–Trinajstić information content (AvgIpc) is 2.52. The number of carboxylic acids is 1. The molecule has 6 nitrogen and oxygen atoms in total. The Labute approximate surface area is 135 Å². The molecule has 0 saturated carbocycles. The number of amides is 1. The van der Waals surface area contributed by atoms with Gasteiger partial charge < -0.3 is 15.2 Å². The average molecular weight is 321 g/mol. The van der Waals surface area contributed by atoms with E-state index in [4.69, 9.17) is 4.74 Å². The van der Waals surface area contributed by atoms with Crippen LogP contribution in [0.15, 0.2) is 24.3 Å². The van der Waals surface area contributed by atoms with Gasteiger partial charge in [0.25, 0.3) is 0 Å². The van der Waals surface area contributed by atoms with Crippen LogP contribution in [0, 0.1) is 0 Å². The molecular weight excluding hydrogens is 298 g/mol. The third-order valence-electron chi connectivity index (χ3n) is 3.63. The van der Waals surface area contributed by atoms with Crippen molar-refractivity contribution < 1.29 is 24.2 Å². The van der Waals surface area contributed by atoms with Crippen LogP contribution in [-0.2, 0) is 9.59 Å². The van der Waals surface area contributed by atoms with Crippen LogP contribution in [0.2, 0.25) is 0 Å². The normalized spacial score (nSPS) is 13.0. The van der Waals surface area contributed by atoms with Gasteiger partial charge >= 0.3 is 5.97 Å². The number of methoxy groups -OCH3 is 1. The maximum absolute atomic E-state index is 12.0. The number of carboxylic acid groups (broad SMARTS) is 1. The van der Waals surface area contributed by atoms with Crippen LogP contribution >= 0.6 is 0 Å². The fraction of sp³-hybridized carbons (Fsp3) is 0.471. The van der Waals surface area contributed by atoms with Crippen molar-refractivity contribution >= 4 is 17.7 Å². The molecule has 0 saturated heterocycles.